The number of pyridine rings is 1. The van der Waals surface area contributed by atoms with Crippen molar-refractivity contribution in [3.8, 4) is 10.4 Å². The van der Waals surface area contributed by atoms with Gasteiger partial charge in [0.05, 0.1) is 4.88 Å². The van der Waals surface area contributed by atoms with Crippen molar-refractivity contribution in [1.29, 1.82) is 0 Å². The lowest BCUT2D eigenvalue weighted by atomic mass is 9.98. The van der Waals surface area contributed by atoms with E-state index in [-0.39, 0.29) is 5.82 Å². The highest BCUT2D eigenvalue weighted by Crippen LogP contribution is 2.35. The summed E-state index contributed by atoms with van der Waals surface area (Å²) in [6.45, 7) is 1.70. The third kappa shape index (κ3) is 2.70. The molecule has 0 saturated carbocycles. The van der Waals surface area contributed by atoms with Crippen molar-refractivity contribution in [1.82, 2.24) is 9.97 Å². The Morgan fingerprint density at radius 2 is 1.76 bits per heavy atom. The molecule has 1 aromatic carbocycles. The van der Waals surface area contributed by atoms with Crippen LogP contribution < -0.4 is 0 Å². The Morgan fingerprint density at radius 3 is 2.43 bits per heavy atom. The van der Waals surface area contributed by atoms with Crippen LogP contribution in [0, 0.1) is 5.82 Å². The Balaban J connectivity index is 1.96. The van der Waals surface area contributed by atoms with Crippen molar-refractivity contribution in [2.45, 2.75) is 12.5 Å². The first kappa shape index (κ1) is 13.9. The van der Waals surface area contributed by atoms with E-state index in [2.05, 4.69) is 9.97 Å². The lowest BCUT2D eigenvalue weighted by molar-refractivity contribution is 0.102. The number of benzene rings is 1. The molecule has 0 aliphatic heterocycles. The van der Waals surface area contributed by atoms with Gasteiger partial charge in [-0.1, -0.05) is 12.1 Å². The lowest BCUT2D eigenvalue weighted by Gasteiger charge is -2.20. The Kier molecular flexibility index (Phi) is 3.53. The minimum absolute atomic E-state index is 0.271. The van der Waals surface area contributed by atoms with Crippen LogP contribution in [0.15, 0.2) is 55.0 Å². The fraction of sp³-hybridized carbons (Fsp3) is 0.125. The van der Waals surface area contributed by atoms with Gasteiger partial charge in [-0.05, 0) is 42.3 Å². The molecule has 3 rings (SSSR count). The third-order valence-electron chi connectivity index (χ3n) is 3.29. The maximum atomic E-state index is 13.0. The molecule has 3 nitrogen and oxygen atoms in total. The van der Waals surface area contributed by atoms with Crippen LogP contribution in [-0.2, 0) is 5.60 Å². The summed E-state index contributed by atoms with van der Waals surface area (Å²) in [6, 6.07) is 9.75. The average Bonchev–Trinajstić information content (AvgIpc) is 2.99. The summed E-state index contributed by atoms with van der Waals surface area (Å²) >= 11 is 1.39. The molecule has 0 amide bonds. The summed E-state index contributed by atoms with van der Waals surface area (Å²) in [4.78, 5) is 9.16. The Morgan fingerprint density at radius 1 is 1.10 bits per heavy atom. The number of rotatable bonds is 3. The normalized spacial score (nSPS) is 13.9. The zero-order chi connectivity index (χ0) is 14.9. The number of hydrogen-bond acceptors (Lipinski definition) is 4. The van der Waals surface area contributed by atoms with Gasteiger partial charge in [-0.25, -0.2) is 9.37 Å². The molecule has 0 spiro atoms. The zero-order valence-electron chi connectivity index (χ0n) is 11.3. The third-order valence-corrected chi connectivity index (χ3v) is 4.55. The topological polar surface area (TPSA) is 46.0 Å². The number of halogens is 1. The second-order valence-corrected chi connectivity index (χ2v) is 5.88. The molecule has 0 aliphatic rings. The van der Waals surface area contributed by atoms with Crippen LogP contribution in [0.25, 0.3) is 10.4 Å². The molecule has 5 heteroatoms. The number of thiazole rings is 1. The van der Waals surface area contributed by atoms with Crippen molar-refractivity contribution in [2.24, 2.45) is 0 Å². The van der Waals surface area contributed by atoms with Gasteiger partial charge >= 0.3 is 0 Å². The molecule has 106 valence electrons. The van der Waals surface area contributed by atoms with Crippen molar-refractivity contribution in [2.75, 3.05) is 0 Å². The fourth-order valence-electron chi connectivity index (χ4n) is 2.05. The van der Waals surface area contributed by atoms with Crippen LogP contribution in [0.5, 0.6) is 0 Å². The highest BCUT2D eigenvalue weighted by molar-refractivity contribution is 7.15. The molecule has 0 unspecified atom stereocenters. The van der Waals surface area contributed by atoms with Crippen molar-refractivity contribution in [3.63, 3.8) is 0 Å². The first-order valence-electron chi connectivity index (χ1n) is 6.42. The van der Waals surface area contributed by atoms with Crippen molar-refractivity contribution in [3.05, 3.63) is 71.4 Å². The van der Waals surface area contributed by atoms with Gasteiger partial charge in [0.1, 0.15) is 16.4 Å². The number of nitrogens with zero attached hydrogens (tertiary/aromatic N) is 2. The first-order chi connectivity index (χ1) is 10.1. The van der Waals surface area contributed by atoms with Crippen LogP contribution in [-0.4, -0.2) is 15.1 Å². The summed E-state index contributed by atoms with van der Waals surface area (Å²) in [6.07, 6.45) is 4.97. The first-order valence-corrected chi connectivity index (χ1v) is 7.24. The molecule has 1 N–H and O–H groups in total. The Hall–Kier alpha value is -2.11. The van der Waals surface area contributed by atoms with Gasteiger partial charge in [0.15, 0.2) is 0 Å². The molecule has 0 radical (unpaired) electrons. The molecular formula is C16H13FN2OS. The molecule has 2 aromatic heterocycles. The van der Waals surface area contributed by atoms with Crippen molar-refractivity contribution >= 4 is 11.3 Å². The Bertz CT molecular complexity index is 738. The standard InChI is InChI=1S/C16H13FN2OS/c1-16(20,12-6-8-18-9-7-12)15-19-10-14(21-15)11-2-4-13(17)5-3-11/h2-10,20H,1H3/t16-/m1/s1. The summed E-state index contributed by atoms with van der Waals surface area (Å²) in [7, 11) is 0. The molecule has 0 bridgehead atoms. The van der Waals surface area contributed by atoms with Crippen molar-refractivity contribution < 1.29 is 9.50 Å². The van der Waals surface area contributed by atoms with Gasteiger partial charge in [0.2, 0.25) is 0 Å². The molecule has 0 fully saturated rings. The summed E-state index contributed by atoms with van der Waals surface area (Å²) in [5, 5.41) is 11.3. The van der Waals surface area contributed by atoms with Crippen LogP contribution in [0.1, 0.15) is 17.5 Å². The molecular weight excluding hydrogens is 287 g/mol. The van der Waals surface area contributed by atoms with E-state index in [9.17, 15) is 9.50 Å². The van der Waals surface area contributed by atoms with E-state index in [1.165, 1.54) is 23.5 Å². The highest BCUT2D eigenvalue weighted by atomic mass is 32.1. The highest BCUT2D eigenvalue weighted by Gasteiger charge is 2.29. The maximum Gasteiger partial charge on any atom is 0.138 e. The summed E-state index contributed by atoms with van der Waals surface area (Å²) < 4.78 is 13.0. The minimum Gasteiger partial charge on any atom is -0.378 e. The monoisotopic (exact) mass is 300 g/mol. The van der Waals surface area contributed by atoms with E-state index in [4.69, 9.17) is 0 Å². The predicted molar refractivity (Wildman–Crippen MR) is 80.4 cm³/mol. The predicted octanol–water partition coefficient (Wildman–Crippen LogP) is 3.60. The van der Waals surface area contributed by atoms with E-state index < -0.39 is 5.60 Å². The number of aromatic nitrogens is 2. The molecule has 1 atom stereocenters. The lowest BCUT2D eigenvalue weighted by Crippen LogP contribution is -2.22. The van der Waals surface area contributed by atoms with Crippen LogP contribution in [0.3, 0.4) is 0 Å². The van der Waals surface area contributed by atoms with Gasteiger partial charge in [-0.15, -0.1) is 11.3 Å². The SMILES string of the molecule is C[C@@](O)(c1ccncc1)c1ncc(-c2ccc(F)cc2)s1. The zero-order valence-corrected chi connectivity index (χ0v) is 12.1. The summed E-state index contributed by atoms with van der Waals surface area (Å²) in [5.74, 6) is -0.271. The molecule has 2 heterocycles. The van der Waals surface area contributed by atoms with Gasteiger partial charge < -0.3 is 5.11 Å². The second kappa shape index (κ2) is 5.35. The van der Waals surface area contributed by atoms with Gasteiger partial charge in [0, 0.05) is 18.6 Å². The molecule has 21 heavy (non-hydrogen) atoms. The van der Waals surface area contributed by atoms with Crippen LogP contribution in [0.2, 0.25) is 0 Å². The van der Waals surface area contributed by atoms with Gasteiger partial charge in [0.25, 0.3) is 0 Å². The van der Waals surface area contributed by atoms with E-state index in [0.717, 1.165) is 16.0 Å². The molecule has 3 aromatic rings. The summed E-state index contributed by atoms with van der Waals surface area (Å²) in [5.41, 5.74) is 0.439. The molecule has 0 saturated heterocycles. The van der Waals surface area contributed by atoms with E-state index >= 15 is 0 Å². The van der Waals surface area contributed by atoms with Crippen LogP contribution >= 0.6 is 11.3 Å². The van der Waals surface area contributed by atoms with E-state index in [1.807, 2.05) is 0 Å². The maximum absolute atomic E-state index is 13.0. The largest absolute Gasteiger partial charge is 0.378 e. The fourth-order valence-corrected chi connectivity index (χ4v) is 3.04. The van der Waals surface area contributed by atoms with Gasteiger partial charge in [-0.2, -0.15) is 0 Å². The van der Waals surface area contributed by atoms with Gasteiger partial charge in [-0.3, -0.25) is 4.98 Å². The smallest absolute Gasteiger partial charge is 0.138 e. The van der Waals surface area contributed by atoms with E-state index in [0.29, 0.717) is 5.01 Å². The Labute approximate surface area is 125 Å². The van der Waals surface area contributed by atoms with Crippen LogP contribution in [0.4, 0.5) is 4.39 Å². The average molecular weight is 300 g/mol. The molecule has 0 aliphatic carbocycles. The van der Waals surface area contributed by atoms with E-state index in [1.54, 1.807) is 49.8 Å². The minimum atomic E-state index is -1.17. The number of aliphatic hydroxyl groups is 1. The number of hydrogen-bond donors (Lipinski definition) is 1. The second-order valence-electron chi connectivity index (χ2n) is 4.84. The quantitative estimate of drug-likeness (QED) is 0.804.